The van der Waals surface area contributed by atoms with Crippen molar-refractivity contribution in [3.8, 4) is 0 Å². The Kier molecular flexibility index (Phi) is 5.57. The zero-order valence-corrected chi connectivity index (χ0v) is 11.6. The van der Waals surface area contributed by atoms with E-state index < -0.39 is 38.6 Å². The quantitative estimate of drug-likeness (QED) is 0.654. The van der Waals surface area contributed by atoms with Crippen LogP contribution in [0.1, 0.15) is 10.4 Å². The molecule has 0 aliphatic heterocycles. The van der Waals surface area contributed by atoms with E-state index in [1.54, 1.807) is 0 Å². The minimum Gasteiger partial charge on any atom is -0.545 e. The minimum atomic E-state index is -4.24. The van der Waals surface area contributed by atoms with Crippen LogP contribution in [-0.4, -0.2) is 41.4 Å². The van der Waals surface area contributed by atoms with E-state index in [4.69, 9.17) is 9.47 Å². The van der Waals surface area contributed by atoms with Crippen molar-refractivity contribution in [2.45, 2.75) is 11.2 Å². The van der Waals surface area contributed by atoms with E-state index in [-0.39, 0.29) is 6.54 Å². The summed E-state index contributed by atoms with van der Waals surface area (Å²) in [4.78, 5) is 9.87. The van der Waals surface area contributed by atoms with Crippen molar-refractivity contribution in [3.63, 3.8) is 0 Å². The first-order chi connectivity index (χ1) is 9.31. The van der Waals surface area contributed by atoms with Crippen LogP contribution in [0.2, 0.25) is 0 Å². The molecule has 0 heterocycles. The van der Waals surface area contributed by atoms with Crippen molar-refractivity contribution in [1.29, 1.82) is 0 Å². The molecule has 0 radical (unpaired) electrons. The van der Waals surface area contributed by atoms with Crippen molar-refractivity contribution in [1.82, 2.24) is 4.72 Å². The second-order valence-electron chi connectivity index (χ2n) is 3.69. The molecule has 0 aromatic heterocycles. The van der Waals surface area contributed by atoms with E-state index in [1.807, 2.05) is 0 Å². The lowest BCUT2D eigenvalue weighted by molar-refractivity contribution is -0.255. The average molecular weight is 306 g/mol. The second kappa shape index (κ2) is 6.75. The Morgan fingerprint density at radius 3 is 2.50 bits per heavy atom. The van der Waals surface area contributed by atoms with Crippen LogP contribution < -0.4 is 9.83 Å². The summed E-state index contributed by atoms with van der Waals surface area (Å²) in [6.45, 7) is -0.260. The molecule has 112 valence electrons. The highest BCUT2D eigenvalue weighted by Crippen LogP contribution is 2.16. The van der Waals surface area contributed by atoms with E-state index in [2.05, 4.69) is 4.72 Å². The van der Waals surface area contributed by atoms with Crippen LogP contribution in [0.5, 0.6) is 0 Å². The molecule has 1 aromatic rings. The first-order valence-corrected chi connectivity index (χ1v) is 6.86. The van der Waals surface area contributed by atoms with Crippen LogP contribution in [0.15, 0.2) is 23.1 Å². The van der Waals surface area contributed by atoms with Gasteiger partial charge in [0.25, 0.3) is 0 Å². The molecule has 0 fully saturated rings. The Hall–Kier alpha value is -1.55. The standard InChI is InChI=1S/C11H14FNO6S/c1-18-10(19-2)6-13-20(16,17)9-5-7(11(14)15)3-4-8(9)12/h3-5,10,13H,6H2,1-2H3,(H,14,15)/p-1. The molecule has 0 unspecified atom stereocenters. The number of methoxy groups -OCH3 is 2. The van der Waals surface area contributed by atoms with Gasteiger partial charge in [-0.05, 0) is 17.7 Å². The van der Waals surface area contributed by atoms with Gasteiger partial charge in [0.1, 0.15) is 10.7 Å². The Morgan fingerprint density at radius 1 is 1.40 bits per heavy atom. The van der Waals surface area contributed by atoms with E-state index in [0.29, 0.717) is 6.07 Å². The number of sulfonamides is 1. The van der Waals surface area contributed by atoms with E-state index in [9.17, 15) is 22.7 Å². The third kappa shape index (κ3) is 3.97. The summed E-state index contributed by atoms with van der Waals surface area (Å²) in [7, 11) is -1.63. The predicted molar refractivity (Wildman–Crippen MR) is 63.7 cm³/mol. The monoisotopic (exact) mass is 306 g/mol. The van der Waals surface area contributed by atoms with Gasteiger partial charge in [0.15, 0.2) is 6.29 Å². The number of hydrogen-bond acceptors (Lipinski definition) is 6. The van der Waals surface area contributed by atoms with Crippen LogP contribution >= 0.6 is 0 Å². The number of halogens is 1. The van der Waals surface area contributed by atoms with Crippen LogP contribution in [-0.2, 0) is 19.5 Å². The van der Waals surface area contributed by atoms with Gasteiger partial charge in [-0.3, -0.25) is 0 Å². The van der Waals surface area contributed by atoms with Crippen LogP contribution in [0.3, 0.4) is 0 Å². The molecule has 0 aliphatic carbocycles. The number of rotatable bonds is 7. The summed E-state index contributed by atoms with van der Waals surface area (Å²) in [6, 6.07) is 2.34. The first kappa shape index (κ1) is 16.5. The fraction of sp³-hybridized carbons (Fsp3) is 0.364. The van der Waals surface area contributed by atoms with Gasteiger partial charge in [-0.15, -0.1) is 0 Å². The molecule has 1 N–H and O–H groups in total. The summed E-state index contributed by atoms with van der Waals surface area (Å²) in [5.74, 6) is -2.68. The minimum absolute atomic E-state index is 0.260. The lowest BCUT2D eigenvalue weighted by Crippen LogP contribution is -2.34. The number of ether oxygens (including phenoxy) is 2. The van der Waals surface area contributed by atoms with Gasteiger partial charge in [-0.2, -0.15) is 0 Å². The summed E-state index contributed by atoms with van der Waals surface area (Å²) >= 11 is 0. The second-order valence-corrected chi connectivity index (χ2v) is 5.42. The molecule has 9 heteroatoms. The van der Waals surface area contributed by atoms with Crippen LogP contribution in [0.4, 0.5) is 4.39 Å². The maximum Gasteiger partial charge on any atom is 0.243 e. The van der Waals surface area contributed by atoms with E-state index >= 15 is 0 Å². The molecule has 0 bridgehead atoms. The summed E-state index contributed by atoms with van der Waals surface area (Å²) < 4.78 is 48.9. The van der Waals surface area contributed by atoms with Crippen molar-refractivity contribution in [2.75, 3.05) is 20.8 Å². The molecular weight excluding hydrogens is 293 g/mol. The zero-order chi connectivity index (χ0) is 15.3. The zero-order valence-electron chi connectivity index (χ0n) is 10.8. The van der Waals surface area contributed by atoms with Crippen molar-refractivity contribution in [3.05, 3.63) is 29.6 Å². The van der Waals surface area contributed by atoms with Gasteiger partial charge in [0, 0.05) is 14.2 Å². The van der Waals surface area contributed by atoms with Gasteiger partial charge >= 0.3 is 0 Å². The highest BCUT2D eigenvalue weighted by Gasteiger charge is 2.21. The highest BCUT2D eigenvalue weighted by atomic mass is 32.2. The summed E-state index contributed by atoms with van der Waals surface area (Å²) in [5.41, 5.74) is -0.443. The Morgan fingerprint density at radius 2 is 2.00 bits per heavy atom. The number of nitrogens with one attached hydrogen (secondary N) is 1. The van der Waals surface area contributed by atoms with Crippen LogP contribution in [0, 0.1) is 5.82 Å². The molecule has 0 saturated heterocycles. The van der Waals surface area contributed by atoms with Crippen molar-refractivity contribution >= 4 is 16.0 Å². The number of carboxylic acid groups (broad SMARTS) is 1. The van der Waals surface area contributed by atoms with Gasteiger partial charge < -0.3 is 19.4 Å². The topological polar surface area (TPSA) is 105 Å². The van der Waals surface area contributed by atoms with Gasteiger partial charge in [0.2, 0.25) is 10.0 Å². The smallest absolute Gasteiger partial charge is 0.243 e. The lowest BCUT2D eigenvalue weighted by atomic mass is 10.2. The lowest BCUT2D eigenvalue weighted by Gasteiger charge is -2.15. The number of carbonyl (C=O) groups is 1. The number of benzene rings is 1. The molecule has 0 spiro atoms. The third-order valence-corrected chi connectivity index (χ3v) is 3.86. The van der Waals surface area contributed by atoms with E-state index in [1.165, 1.54) is 14.2 Å². The first-order valence-electron chi connectivity index (χ1n) is 5.38. The van der Waals surface area contributed by atoms with E-state index in [0.717, 1.165) is 12.1 Å². The number of carbonyl (C=O) groups excluding carboxylic acids is 1. The molecule has 1 rings (SSSR count). The average Bonchev–Trinajstić information content (AvgIpc) is 2.39. The fourth-order valence-corrected chi connectivity index (χ4v) is 2.47. The Bertz CT molecular complexity index is 585. The predicted octanol–water partition coefficient (Wildman–Crippen LogP) is -0.914. The largest absolute Gasteiger partial charge is 0.545 e. The summed E-state index contributed by atoms with van der Waals surface area (Å²) in [5, 5.41) is 10.7. The SMILES string of the molecule is COC(CNS(=O)(=O)c1cc(C(=O)[O-])ccc1F)OC. The van der Waals surface area contributed by atoms with Gasteiger partial charge in [0.05, 0.1) is 12.5 Å². The van der Waals surface area contributed by atoms with Crippen molar-refractivity contribution in [2.24, 2.45) is 0 Å². The number of hydrogen-bond donors (Lipinski definition) is 1. The van der Waals surface area contributed by atoms with Gasteiger partial charge in [-0.25, -0.2) is 17.5 Å². The van der Waals surface area contributed by atoms with Crippen molar-refractivity contribution < 1.29 is 32.2 Å². The van der Waals surface area contributed by atoms with Gasteiger partial charge in [-0.1, -0.05) is 6.07 Å². The molecule has 0 aliphatic rings. The number of aromatic carboxylic acids is 1. The van der Waals surface area contributed by atoms with Crippen LogP contribution in [0.25, 0.3) is 0 Å². The Balaban J connectivity index is 3.03. The maximum atomic E-state index is 13.5. The third-order valence-electron chi connectivity index (χ3n) is 2.42. The Labute approximate surface area is 115 Å². The molecule has 7 nitrogen and oxygen atoms in total. The molecule has 0 amide bonds. The maximum absolute atomic E-state index is 13.5. The number of carboxylic acids is 1. The highest BCUT2D eigenvalue weighted by molar-refractivity contribution is 7.89. The molecular formula is C11H13FNO6S-. The normalized spacial score (nSPS) is 11.8. The molecule has 1 aromatic carbocycles. The molecule has 20 heavy (non-hydrogen) atoms. The summed E-state index contributed by atoms with van der Waals surface area (Å²) in [6.07, 6.45) is -0.850. The molecule has 0 saturated carbocycles. The molecule has 0 atom stereocenters. The fourth-order valence-electron chi connectivity index (χ4n) is 1.35.